The predicted molar refractivity (Wildman–Crippen MR) is 104 cm³/mol. The largest absolute Gasteiger partial charge is 0.367 e. The van der Waals surface area contributed by atoms with Crippen LogP contribution in [0.25, 0.3) is 11.7 Å². The zero-order chi connectivity index (χ0) is 20.0. The minimum Gasteiger partial charge on any atom is -0.367 e. The molecule has 1 saturated carbocycles. The summed E-state index contributed by atoms with van der Waals surface area (Å²) in [5, 5.41) is 15.5. The van der Waals surface area contributed by atoms with E-state index in [4.69, 9.17) is 0 Å². The maximum atomic E-state index is 13.5. The average Bonchev–Trinajstić information content (AvgIpc) is 3.31. The van der Waals surface area contributed by atoms with Gasteiger partial charge in [0.1, 0.15) is 23.1 Å². The van der Waals surface area contributed by atoms with Crippen LogP contribution in [0, 0.1) is 5.82 Å². The van der Waals surface area contributed by atoms with E-state index in [1.54, 1.807) is 28.9 Å². The number of benzene rings is 1. The number of carbonyl (C=O) groups excluding carboxylic acids is 2. The van der Waals surface area contributed by atoms with Gasteiger partial charge in [-0.05, 0) is 37.1 Å². The van der Waals surface area contributed by atoms with Crippen LogP contribution in [-0.2, 0) is 4.79 Å². The molecule has 3 aromatic rings. The van der Waals surface area contributed by atoms with E-state index in [2.05, 4.69) is 31.3 Å². The van der Waals surface area contributed by atoms with Gasteiger partial charge in [0, 0.05) is 23.4 Å². The molecule has 2 aliphatic rings. The smallest absolute Gasteiger partial charge is 0.326 e. The minimum atomic E-state index is -0.574. The second-order valence-electron chi connectivity index (χ2n) is 6.88. The molecule has 9 nitrogen and oxygen atoms in total. The van der Waals surface area contributed by atoms with E-state index in [0.717, 1.165) is 18.7 Å². The zero-order valence-electron chi connectivity index (χ0n) is 15.1. The summed E-state index contributed by atoms with van der Waals surface area (Å²) in [5.74, 6) is 0.345. The van der Waals surface area contributed by atoms with Gasteiger partial charge in [-0.25, -0.2) is 14.2 Å². The van der Waals surface area contributed by atoms with Crippen molar-refractivity contribution < 1.29 is 14.0 Å². The van der Waals surface area contributed by atoms with Gasteiger partial charge in [0.15, 0.2) is 5.65 Å². The van der Waals surface area contributed by atoms with Gasteiger partial charge in [-0.3, -0.25) is 10.1 Å². The third-order valence-electron chi connectivity index (χ3n) is 4.55. The van der Waals surface area contributed by atoms with Crippen molar-refractivity contribution in [1.82, 2.24) is 25.2 Å². The van der Waals surface area contributed by atoms with Crippen LogP contribution in [0.5, 0.6) is 0 Å². The van der Waals surface area contributed by atoms with Gasteiger partial charge in [0.2, 0.25) is 0 Å². The monoisotopic (exact) mass is 393 g/mol. The number of nitrogens with zero attached hydrogens (tertiary/aromatic N) is 3. The third kappa shape index (κ3) is 3.47. The lowest BCUT2D eigenvalue weighted by Crippen LogP contribution is -2.22. The highest BCUT2D eigenvalue weighted by Gasteiger charge is 2.25. The van der Waals surface area contributed by atoms with E-state index in [-0.39, 0.29) is 11.5 Å². The highest BCUT2D eigenvalue weighted by molar-refractivity contribution is 6.14. The normalized spacial score (nSPS) is 17.5. The van der Waals surface area contributed by atoms with Gasteiger partial charge in [-0.2, -0.15) is 9.61 Å². The minimum absolute atomic E-state index is 0.117. The van der Waals surface area contributed by atoms with E-state index in [9.17, 15) is 14.0 Å². The molecule has 29 heavy (non-hydrogen) atoms. The number of hydrogen-bond acceptors (Lipinski definition) is 6. The van der Waals surface area contributed by atoms with E-state index in [0.29, 0.717) is 28.8 Å². The molecule has 2 fully saturated rings. The predicted octanol–water partition coefficient (Wildman–Crippen LogP) is 2.37. The molecule has 1 aliphatic heterocycles. The van der Waals surface area contributed by atoms with Crippen LogP contribution in [0.15, 0.2) is 42.2 Å². The number of amides is 3. The molecule has 0 spiro atoms. The molecule has 3 heterocycles. The Morgan fingerprint density at radius 1 is 1.21 bits per heavy atom. The van der Waals surface area contributed by atoms with Crippen molar-refractivity contribution in [3.63, 3.8) is 0 Å². The molecule has 0 radical (unpaired) electrons. The molecule has 4 N–H and O–H groups in total. The summed E-state index contributed by atoms with van der Waals surface area (Å²) in [5.41, 5.74) is 1.71. The highest BCUT2D eigenvalue weighted by atomic mass is 19.1. The fourth-order valence-electron chi connectivity index (χ4n) is 3.04. The molecule has 2 aromatic heterocycles. The first kappa shape index (κ1) is 17.2. The summed E-state index contributed by atoms with van der Waals surface area (Å²) in [4.78, 5) is 27.8. The van der Waals surface area contributed by atoms with Crippen molar-refractivity contribution in [3.8, 4) is 0 Å². The number of imide groups is 1. The molecule has 5 rings (SSSR count). The van der Waals surface area contributed by atoms with Crippen molar-refractivity contribution in [1.29, 1.82) is 0 Å². The second-order valence-corrected chi connectivity index (χ2v) is 6.88. The number of carbonyl (C=O) groups is 2. The van der Waals surface area contributed by atoms with E-state index < -0.39 is 11.9 Å². The quantitative estimate of drug-likeness (QED) is 0.391. The molecule has 3 amide bonds. The Labute approximate surface area is 164 Å². The lowest BCUT2D eigenvalue weighted by Gasteiger charge is -2.11. The summed E-state index contributed by atoms with van der Waals surface area (Å²) in [6.45, 7) is 0. The topological polar surface area (TPSA) is 112 Å². The van der Waals surface area contributed by atoms with Gasteiger partial charge in [0.25, 0.3) is 5.91 Å². The van der Waals surface area contributed by atoms with Crippen LogP contribution in [-0.4, -0.2) is 32.6 Å². The van der Waals surface area contributed by atoms with Gasteiger partial charge in [-0.15, -0.1) is 0 Å². The van der Waals surface area contributed by atoms with Crippen molar-refractivity contribution in [2.45, 2.75) is 18.9 Å². The SMILES string of the molecule is O=C1NC(=O)/C(=C\c2cnn3c(NC4CC4)cc(Nc4cccc(F)c4)nc23)N1. The standard InChI is InChI=1S/C19H16FN7O2/c20-11-2-1-3-13(7-11)22-15-8-16(23-12-4-5-12)27-17(25-15)10(9-21-27)6-14-18(28)26-19(29)24-14/h1-3,6-9,12,23H,4-5H2,(H,22,25)(H2,24,26,28,29)/b14-6+. The lowest BCUT2D eigenvalue weighted by molar-refractivity contribution is -0.115. The Bertz CT molecular complexity index is 1180. The molecule has 1 aliphatic carbocycles. The number of halogens is 1. The zero-order valence-corrected chi connectivity index (χ0v) is 15.1. The summed E-state index contributed by atoms with van der Waals surface area (Å²) in [7, 11) is 0. The molecular formula is C19H16FN7O2. The molecule has 1 saturated heterocycles. The summed E-state index contributed by atoms with van der Waals surface area (Å²) < 4.78 is 15.2. The molecule has 10 heteroatoms. The number of hydrogen-bond donors (Lipinski definition) is 4. The third-order valence-corrected chi connectivity index (χ3v) is 4.55. The Hall–Kier alpha value is -3.95. The Morgan fingerprint density at radius 2 is 2.07 bits per heavy atom. The first-order valence-electron chi connectivity index (χ1n) is 9.07. The van der Waals surface area contributed by atoms with E-state index >= 15 is 0 Å². The highest BCUT2D eigenvalue weighted by Crippen LogP contribution is 2.28. The molecular weight excluding hydrogens is 377 g/mol. The van der Waals surface area contributed by atoms with Crippen LogP contribution in [0.4, 0.5) is 26.5 Å². The first-order valence-corrected chi connectivity index (χ1v) is 9.07. The van der Waals surface area contributed by atoms with Crippen molar-refractivity contribution in [2.24, 2.45) is 0 Å². The Balaban J connectivity index is 1.57. The Kier molecular flexibility index (Phi) is 3.90. The number of anilines is 3. The number of urea groups is 1. The first-order chi connectivity index (χ1) is 14.0. The molecule has 0 unspecified atom stereocenters. The van der Waals surface area contributed by atoms with Gasteiger partial charge in [-0.1, -0.05) is 6.07 Å². The molecule has 0 bridgehead atoms. The Morgan fingerprint density at radius 3 is 2.79 bits per heavy atom. The van der Waals surface area contributed by atoms with Gasteiger partial charge >= 0.3 is 6.03 Å². The molecule has 1 aromatic carbocycles. The molecule has 0 atom stereocenters. The van der Waals surface area contributed by atoms with Crippen LogP contribution >= 0.6 is 0 Å². The average molecular weight is 393 g/mol. The maximum Gasteiger partial charge on any atom is 0.326 e. The van der Waals surface area contributed by atoms with Gasteiger partial charge in [0.05, 0.1) is 6.20 Å². The number of aromatic nitrogens is 3. The summed E-state index contributed by atoms with van der Waals surface area (Å²) in [6, 6.07) is 7.67. The number of rotatable bonds is 5. The van der Waals surface area contributed by atoms with Crippen molar-refractivity contribution >= 4 is 41.0 Å². The van der Waals surface area contributed by atoms with Crippen LogP contribution in [0.1, 0.15) is 18.4 Å². The van der Waals surface area contributed by atoms with Crippen LogP contribution in [0.3, 0.4) is 0 Å². The molecule has 146 valence electrons. The lowest BCUT2D eigenvalue weighted by atomic mass is 10.2. The van der Waals surface area contributed by atoms with E-state index in [1.807, 2.05) is 0 Å². The van der Waals surface area contributed by atoms with Crippen LogP contribution in [0.2, 0.25) is 0 Å². The second kappa shape index (κ2) is 6.59. The summed E-state index contributed by atoms with van der Waals surface area (Å²) in [6.07, 6.45) is 5.22. The van der Waals surface area contributed by atoms with Gasteiger partial charge < -0.3 is 16.0 Å². The summed E-state index contributed by atoms with van der Waals surface area (Å²) >= 11 is 0. The fraction of sp³-hybridized carbons (Fsp3) is 0.158. The fourth-order valence-corrected chi connectivity index (χ4v) is 3.04. The number of nitrogens with one attached hydrogen (secondary N) is 4. The van der Waals surface area contributed by atoms with Crippen molar-refractivity contribution in [3.05, 3.63) is 53.6 Å². The van der Waals surface area contributed by atoms with Crippen molar-refractivity contribution in [2.75, 3.05) is 10.6 Å². The maximum absolute atomic E-state index is 13.5. The number of fused-ring (bicyclic) bond motifs is 1. The van der Waals surface area contributed by atoms with E-state index in [1.165, 1.54) is 18.2 Å². The van der Waals surface area contributed by atoms with Crippen LogP contribution < -0.4 is 21.3 Å².